The summed E-state index contributed by atoms with van der Waals surface area (Å²) in [4.78, 5) is 67.6. The second-order valence-electron chi connectivity index (χ2n) is 17.2. The fourth-order valence-corrected chi connectivity index (χ4v) is 8.97. The third-order valence-corrected chi connectivity index (χ3v) is 12.1. The number of likely N-dealkylation sites (tertiary alicyclic amines) is 2. The third-order valence-electron chi connectivity index (χ3n) is 12.1. The zero-order valence-electron chi connectivity index (χ0n) is 34.7. The lowest BCUT2D eigenvalue weighted by Gasteiger charge is -2.35. The molecule has 7 rings (SSSR count). The summed E-state index contributed by atoms with van der Waals surface area (Å²) in [5.41, 5.74) is 9.60. The van der Waals surface area contributed by atoms with Gasteiger partial charge in [0.25, 0.3) is 0 Å². The van der Waals surface area contributed by atoms with Crippen LogP contribution in [0.15, 0.2) is 54.7 Å². The number of carbonyl (C=O) groups is 4. The van der Waals surface area contributed by atoms with Crippen molar-refractivity contribution >= 4 is 24.0 Å². The molecule has 0 saturated carbocycles. The molecule has 58 heavy (non-hydrogen) atoms. The maximum Gasteiger partial charge on any atom is 0.407 e. The van der Waals surface area contributed by atoms with Crippen LogP contribution in [0.25, 0.3) is 33.6 Å². The van der Waals surface area contributed by atoms with Gasteiger partial charge in [-0.15, -0.1) is 0 Å². The highest BCUT2D eigenvalue weighted by molar-refractivity contribution is 5.88. The lowest BCUT2D eigenvalue weighted by Crippen LogP contribution is -2.54. The minimum absolute atomic E-state index is 0.0618. The smallest absolute Gasteiger partial charge is 0.407 e. The number of ether oxygens (including phenoxy) is 2. The Morgan fingerprint density at radius 3 is 1.88 bits per heavy atom. The van der Waals surface area contributed by atoms with Crippen LogP contribution >= 0.6 is 0 Å². The van der Waals surface area contributed by atoms with Gasteiger partial charge in [0.05, 0.1) is 38.2 Å². The molecule has 308 valence electrons. The molecule has 2 aromatic carbocycles. The van der Waals surface area contributed by atoms with E-state index in [-0.39, 0.29) is 29.8 Å². The number of benzene rings is 2. The number of methoxy groups -OCH3 is 2. The fraction of sp³-hybridized carbons (Fsp3) is 0.489. The van der Waals surface area contributed by atoms with E-state index in [2.05, 4.69) is 69.1 Å². The molecule has 0 unspecified atom stereocenters. The molecular formula is C45H57N7O6. The first-order valence-electron chi connectivity index (χ1n) is 20.6. The van der Waals surface area contributed by atoms with Crippen LogP contribution in [-0.4, -0.2) is 88.1 Å². The van der Waals surface area contributed by atoms with Gasteiger partial charge in [-0.3, -0.25) is 9.59 Å². The molecule has 4 heterocycles. The number of rotatable bonds is 10. The lowest BCUT2D eigenvalue weighted by atomic mass is 9.85. The average Bonchev–Trinajstić information content (AvgIpc) is 4.06. The standard InChI is InChI=1S/C45H57N7O6/c1-26(2)36(49-43(55)57-6)41(53)51-23-9-13-34(51)38-32-12-8-11-31(32)37(48-38)30-21-17-28(18-22-30)27-15-19-29(20-16-27)33-25-46-40(47-33)35-14-10-24-52(35)42(54)39(45(3,4)5)50-44(56)58-7/h15-22,25-26,34-36,39,48H,8-14,23-24H2,1-7H3,(H,46,47)(H,49,55)(H,50,56)/t34-,35-,36-,39+/m0/s1. The molecule has 13 heteroatoms. The van der Waals surface area contributed by atoms with Crippen molar-refractivity contribution in [1.29, 1.82) is 0 Å². The summed E-state index contributed by atoms with van der Waals surface area (Å²) < 4.78 is 9.64. The van der Waals surface area contributed by atoms with Crippen LogP contribution in [0.2, 0.25) is 0 Å². The number of nitrogens with one attached hydrogen (secondary N) is 4. The summed E-state index contributed by atoms with van der Waals surface area (Å²) in [6.07, 6.45) is 7.08. The van der Waals surface area contributed by atoms with E-state index in [1.807, 2.05) is 50.6 Å². The van der Waals surface area contributed by atoms with Crippen LogP contribution in [0.5, 0.6) is 0 Å². The molecule has 4 atom stereocenters. The predicted molar refractivity (Wildman–Crippen MR) is 222 cm³/mol. The first-order valence-corrected chi connectivity index (χ1v) is 20.6. The Bertz CT molecular complexity index is 2130. The number of hydrogen-bond acceptors (Lipinski definition) is 7. The number of nitrogens with zero attached hydrogens (tertiary/aromatic N) is 3. The van der Waals surface area contributed by atoms with E-state index in [9.17, 15) is 19.2 Å². The summed E-state index contributed by atoms with van der Waals surface area (Å²) in [7, 11) is 2.61. The Labute approximate surface area is 340 Å². The van der Waals surface area contributed by atoms with Crippen LogP contribution in [0, 0.1) is 11.3 Å². The Hall–Kier alpha value is -5.59. The van der Waals surface area contributed by atoms with Crippen LogP contribution in [0.3, 0.4) is 0 Å². The minimum atomic E-state index is -0.736. The van der Waals surface area contributed by atoms with Crippen LogP contribution in [0.4, 0.5) is 9.59 Å². The van der Waals surface area contributed by atoms with E-state index in [1.165, 1.54) is 25.3 Å². The van der Waals surface area contributed by atoms with Crippen molar-refractivity contribution in [3.8, 4) is 33.6 Å². The van der Waals surface area contributed by atoms with Gasteiger partial charge < -0.3 is 39.9 Å². The topological polar surface area (TPSA) is 162 Å². The number of H-pyrrole nitrogens is 2. The summed E-state index contributed by atoms with van der Waals surface area (Å²) in [6.45, 7) is 10.9. The Balaban J connectivity index is 1.05. The Morgan fingerprint density at radius 1 is 0.724 bits per heavy atom. The number of carbonyl (C=O) groups excluding carboxylic acids is 4. The van der Waals surface area contributed by atoms with Gasteiger partial charge in [0.2, 0.25) is 11.8 Å². The average molecular weight is 792 g/mol. The first kappa shape index (κ1) is 40.6. The maximum absolute atomic E-state index is 13.9. The molecule has 13 nitrogen and oxygen atoms in total. The highest BCUT2D eigenvalue weighted by Gasteiger charge is 2.42. The third kappa shape index (κ3) is 8.08. The summed E-state index contributed by atoms with van der Waals surface area (Å²) in [5, 5.41) is 5.51. The van der Waals surface area contributed by atoms with Gasteiger partial charge in [0, 0.05) is 24.5 Å². The van der Waals surface area contributed by atoms with Crippen LogP contribution in [0.1, 0.15) is 101 Å². The molecule has 1 aliphatic carbocycles. The monoisotopic (exact) mass is 791 g/mol. The highest BCUT2D eigenvalue weighted by atomic mass is 16.5. The van der Waals surface area contributed by atoms with Gasteiger partial charge in [-0.05, 0) is 89.7 Å². The number of fused-ring (bicyclic) bond motifs is 1. The Morgan fingerprint density at radius 2 is 1.28 bits per heavy atom. The quantitative estimate of drug-likeness (QED) is 0.128. The van der Waals surface area contributed by atoms with Crippen molar-refractivity contribution in [3.05, 3.63) is 77.4 Å². The summed E-state index contributed by atoms with van der Waals surface area (Å²) in [5.74, 6) is 0.438. The van der Waals surface area contributed by atoms with E-state index in [4.69, 9.17) is 14.5 Å². The summed E-state index contributed by atoms with van der Waals surface area (Å²) >= 11 is 0. The molecule has 2 fully saturated rings. The lowest BCUT2D eigenvalue weighted by molar-refractivity contribution is -0.137. The normalized spacial score (nSPS) is 18.9. The van der Waals surface area contributed by atoms with Gasteiger partial charge >= 0.3 is 12.2 Å². The number of aromatic amines is 2. The molecule has 2 aliphatic heterocycles. The van der Waals surface area contributed by atoms with Gasteiger partial charge in [0.15, 0.2) is 0 Å². The molecule has 0 bridgehead atoms. The molecule has 2 aromatic heterocycles. The van der Waals surface area contributed by atoms with Gasteiger partial charge in [0.1, 0.15) is 17.9 Å². The van der Waals surface area contributed by atoms with Crippen molar-refractivity contribution in [2.45, 2.75) is 104 Å². The van der Waals surface area contributed by atoms with Crippen molar-refractivity contribution in [3.63, 3.8) is 0 Å². The van der Waals surface area contributed by atoms with Crippen LogP contribution < -0.4 is 10.6 Å². The number of aromatic nitrogens is 3. The minimum Gasteiger partial charge on any atom is -0.453 e. The molecule has 3 aliphatic rings. The zero-order chi connectivity index (χ0) is 41.3. The zero-order valence-corrected chi connectivity index (χ0v) is 34.7. The number of imidazole rings is 1. The summed E-state index contributed by atoms with van der Waals surface area (Å²) in [6, 6.07) is 15.4. The predicted octanol–water partition coefficient (Wildman–Crippen LogP) is 7.71. The highest BCUT2D eigenvalue weighted by Crippen LogP contribution is 2.43. The van der Waals surface area contributed by atoms with Crippen molar-refractivity contribution < 1.29 is 28.7 Å². The first-order chi connectivity index (χ1) is 27.8. The maximum atomic E-state index is 13.9. The van der Waals surface area contributed by atoms with E-state index < -0.39 is 29.7 Å². The number of amides is 4. The van der Waals surface area contributed by atoms with E-state index in [0.717, 1.165) is 90.1 Å². The van der Waals surface area contributed by atoms with Crippen LogP contribution in [-0.2, 0) is 31.9 Å². The fourth-order valence-electron chi connectivity index (χ4n) is 8.97. The Kier molecular flexibility index (Phi) is 11.7. The van der Waals surface area contributed by atoms with Gasteiger partial charge in [-0.1, -0.05) is 83.1 Å². The van der Waals surface area contributed by atoms with Gasteiger partial charge in [-0.25, -0.2) is 14.6 Å². The molecule has 4 aromatic rings. The molecular weight excluding hydrogens is 735 g/mol. The number of hydrogen-bond donors (Lipinski definition) is 4. The molecule has 0 radical (unpaired) electrons. The van der Waals surface area contributed by atoms with Crippen molar-refractivity contribution in [2.75, 3.05) is 27.3 Å². The number of alkyl carbamates (subject to hydrolysis) is 2. The molecule has 0 spiro atoms. The second kappa shape index (κ2) is 16.7. The van der Waals surface area contributed by atoms with Crippen molar-refractivity contribution in [2.24, 2.45) is 11.3 Å². The van der Waals surface area contributed by atoms with E-state index >= 15 is 0 Å². The van der Waals surface area contributed by atoms with Gasteiger partial charge in [-0.2, -0.15) is 0 Å². The largest absolute Gasteiger partial charge is 0.453 e. The molecule has 2 saturated heterocycles. The van der Waals surface area contributed by atoms with Crippen molar-refractivity contribution in [1.82, 2.24) is 35.4 Å². The molecule has 4 amide bonds. The molecule has 4 N–H and O–H groups in total. The van der Waals surface area contributed by atoms with E-state index in [0.29, 0.717) is 13.1 Å². The van der Waals surface area contributed by atoms with E-state index in [1.54, 1.807) is 0 Å². The SMILES string of the molecule is COC(=O)N[C@H](C(=O)N1CCC[C@H]1c1[nH]c(-c2ccc(-c3ccc(-c4cnc([C@@H]5CCCN5C(=O)[C@@H](NC(=O)OC)C(C)(C)C)[nH]4)cc3)cc2)c2c1CCC2)C(C)C. The second-order valence-corrected chi connectivity index (χ2v) is 17.2.